The van der Waals surface area contributed by atoms with Gasteiger partial charge >= 0.3 is 0 Å². The fourth-order valence-corrected chi connectivity index (χ4v) is 2.90. The van der Waals surface area contributed by atoms with Crippen LogP contribution in [-0.4, -0.2) is 24.0 Å². The van der Waals surface area contributed by atoms with Crippen LogP contribution in [0.1, 0.15) is 5.56 Å². The first-order valence-electron chi connectivity index (χ1n) is 7.31. The van der Waals surface area contributed by atoms with E-state index in [-0.39, 0.29) is 10.7 Å². The van der Waals surface area contributed by atoms with Crippen molar-refractivity contribution in [1.82, 2.24) is 5.32 Å². The van der Waals surface area contributed by atoms with Crippen LogP contribution >= 0.6 is 23.8 Å². The molecule has 0 saturated carbocycles. The molecule has 25 heavy (non-hydrogen) atoms. The summed E-state index contributed by atoms with van der Waals surface area (Å²) < 4.78 is 5.26. The van der Waals surface area contributed by atoms with E-state index >= 15 is 0 Å². The molecule has 1 heterocycles. The van der Waals surface area contributed by atoms with Gasteiger partial charge in [-0.05, 0) is 48.6 Å². The average molecular weight is 373 g/mol. The number of para-hydroxylation sites is 1. The summed E-state index contributed by atoms with van der Waals surface area (Å²) in [6.45, 7) is 0. The summed E-state index contributed by atoms with van der Waals surface area (Å²) in [4.78, 5) is 26.4. The molecular formula is C18H13ClN2O3S. The van der Waals surface area contributed by atoms with Gasteiger partial charge in [0.25, 0.3) is 11.8 Å². The fourth-order valence-electron chi connectivity index (χ4n) is 2.44. The molecular weight excluding hydrogens is 360 g/mol. The highest BCUT2D eigenvalue weighted by Crippen LogP contribution is 2.27. The van der Waals surface area contributed by atoms with E-state index in [0.29, 0.717) is 22.0 Å². The van der Waals surface area contributed by atoms with Crippen molar-refractivity contribution in [2.24, 2.45) is 0 Å². The summed E-state index contributed by atoms with van der Waals surface area (Å²) in [6, 6.07) is 13.8. The lowest BCUT2D eigenvalue weighted by atomic mass is 10.1. The maximum absolute atomic E-state index is 12.9. The standard InChI is InChI=1S/C18H13ClN2O3S/c1-24-15-8-7-12(19)9-11(15)10-14-16(22)20-18(25)21(17(14)23)13-5-3-2-4-6-13/h2-10H,1H3,(H,20,22,25)/b14-10-. The summed E-state index contributed by atoms with van der Waals surface area (Å²) in [5.41, 5.74) is 1.04. The number of ether oxygens (including phenoxy) is 1. The summed E-state index contributed by atoms with van der Waals surface area (Å²) in [5, 5.41) is 3.04. The average Bonchev–Trinajstić information content (AvgIpc) is 2.59. The number of carbonyl (C=O) groups is 2. The molecule has 0 aliphatic carbocycles. The Balaban J connectivity index is 2.07. The van der Waals surface area contributed by atoms with Gasteiger partial charge < -0.3 is 4.74 Å². The lowest BCUT2D eigenvalue weighted by molar-refractivity contribution is -0.122. The molecule has 1 N–H and O–H groups in total. The second-order valence-corrected chi connectivity index (χ2v) is 6.00. The molecule has 0 unspecified atom stereocenters. The Kier molecular flexibility index (Phi) is 4.83. The molecule has 0 radical (unpaired) electrons. The van der Waals surface area contributed by atoms with Gasteiger partial charge in [0.2, 0.25) is 0 Å². The van der Waals surface area contributed by atoms with Crippen molar-refractivity contribution in [3.63, 3.8) is 0 Å². The number of anilines is 1. The minimum absolute atomic E-state index is 0.0383. The number of benzene rings is 2. The van der Waals surface area contributed by atoms with E-state index < -0.39 is 11.8 Å². The summed E-state index contributed by atoms with van der Waals surface area (Å²) in [6.07, 6.45) is 1.44. The molecule has 3 rings (SSSR count). The van der Waals surface area contributed by atoms with Crippen LogP contribution in [0.15, 0.2) is 54.1 Å². The van der Waals surface area contributed by atoms with E-state index in [9.17, 15) is 9.59 Å². The number of halogens is 1. The first-order chi connectivity index (χ1) is 12.0. The zero-order valence-electron chi connectivity index (χ0n) is 13.2. The van der Waals surface area contributed by atoms with Gasteiger partial charge in [-0.3, -0.25) is 19.8 Å². The third-order valence-corrected chi connectivity index (χ3v) is 4.13. The number of nitrogens with one attached hydrogen (secondary N) is 1. The zero-order valence-corrected chi connectivity index (χ0v) is 14.7. The molecule has 2 aromatic carbocycles. The lowest BCUT2D eigenvalue weighted by Gasteiger charge is -2.28. The van der Waals surface area contributed by atoms with Crippen LogP contribution in [0.5, 0.6) is 5.75 Å². The van der Waals surface area contributed by atoms with Gasteiger partial charge in [-0.15, -0.1) is 0 Å². The molecule has 0 spiro atoms. The van der Waals surface area contributed by atoms with Crippen LogP contribution in [-0.2, 0) is 9.59 Å². The second-order valence-electron chi connectivity index (χ2n) is 5.18. The van der Waals surface area contributed by atoms with E-state index in [4.69, 9.17) is 28.6 Å². The van der Waals surface area contributed by atoms with Gasteiger partial charge in [-0.25, -0.2) is 0 Å². The smallest absolute Gasteiger partial charge is 0.270 e. The number of nitrogens with zero attached hydrogens (tertiary/aromatic N) is 1. The number of hydrogen-bond donors (Lipinski definition) is 1. The van der Waals surface area contributed by atoms with Gasteiger partial charge in [-0.2, -0.15) is 0 Å². The van der Waals surface area contributed by atoms with Gasteiger partial charge in [0.15, 0.2) is 5.11 Å². The first-order valence-corrected chi connectivity index (χ1v) is 8.10. The number of carbonyl (C=O) groups excluding carboxylic acids is 2. The van der Waals surface area contributed by atoms with Crippen LogP contribution < -0.4 is 15.0 Å². The summed E-state index contributed by atoms with van der Waals surface area (Å²) >= 11 is 11.2. The molecule has 2 amide bonds. The highest BCUT2D eigenvalue weighted by molar-refractivity contribution is 7.80. The zero-order chi connectivity index (χ0) is 18.0. The van der Waals surface area contributed by atoms with E-state index in [1.807, 2.05) is 6.07 Å². The maximum atomic E-state index is 12.9. The van der Waals surface area contributed by atoms with Crippen molar-refractivity contribution >= 4 is 52.5 Å². The Morgan fingerprint density at radius 2 is 1.88 bits per heavy atom. The highest BCUT2D eigenvalue weighted by Gasteiger charge is 2.34. The van der Waals surface area contributed by atoms with Gasteiger partial charge in [0, 0.05) is 10.6 Å². The molecule has 1 saturated heterocycles. The fraction of sp³-hybridized carbons (Fsp3) is 0.0556. The molecule has 126 valence electrons. The number of rotatable bonds is 3. The third-order valence-electron chi connectivity index (χ3n) is 3.61. The van der Waals surface area contributed by atoms with Crippen LogP contribution in [0, 0.1) is 0 Å². The monoisotopic (exact) mass is 372 g/mol. The van der Waals surface area contributed by atoms with Crippen LogP contribution in [0.3, 0.4) is 0 Å². The van der Waals surface area contributed by atoms with Crippen molar-refractivity contribution in [1.29, 1.82) is 0 Å². The van der Waals surface area contributed by atoms with Crippen molar-refractivity contribution in [3.05, 3.63) is 64.7 Å². The molecule has 1 aliphatic rings. The summed E-state index contributed by atoms with van der Waals surface area (Å²) in [7, 11) is 1.50. The Morgan fingerprint density at radius 1 is 1.16 bits per heavy atom. The Hall–Kier alpha value is -2.70. The highest BCUT2D eigenvalue weighted by atomic mass is 35.5. The molecule has 0 atom stereocenters. The predicted molar refractivity (Wildman–Crippen MR) is 101 cm³/mol. The van der Waals surface area contributed by atoms with Crippen LogP contribution in [0.25, 0.3) is 6.08 Å². The third kappa shape index (κ3) is 3.40. The number of hydrogen-bond acceptors (Lipinski definition) is 4. The normalized spacial score (nSPS) is 16.2. The predicted octanol–water partition coefficient (Wildman–Crippen LogP) is 3.18. The van der Waals surface area contributed by atoms with Crippen LogP contribution in [0.2, 0.25) is 5.02 Å². The Labute approximate surface area is 154 Å². The molecule has 1 aliphatic heterocycles. The molecule has 5 nitrogen and oxygen atoms in total. The maximum Gasteiger partial charge on any atom is 0.270 e. The quantitative estimate of drug-likeness (QED) is 0.510. The SMILES string of the molecule is COc1ccc(Cl)cc1/C=C1/C(=O)NC(=S)N(c2ccccc2)C1=O. The van der Waals surface area contributed by atoms with E-state index in [1.54, 1.807) is 42.5 Å². The Morgan fingerprint density at radius 3 is 2.56 bits per heavy atom. The van der Waals surface area contributed by atoms with Crippen LogP contribution in [0.4, 0.5) is 5.69 Å². The van der Waals surface area contributed by atoms with Crippen molar-refractivity contribution in [2.75, 3.05) is 12.0 Å². The Bertz CT molecular complexity index is 896. The number of methoxy groups -OCH3 is 1. The molecule has 0 bridgehead atoms. The van der Waals surface area contributed by atoms with E-state index in [1.165, 1.54) is 18.1 Å². The van der Waals surface area contributed by atoms with Crippen molar-refractivity contribution in [2.45, 2.75) is 0 Å². The minimum atomic E-state index is -0.566. The topological polar surface area (TPSA) is 58.6 Å². The second kappa shape index (κ2) is 7.04. The number of amides is 2. The number of thiocarbonyl (C=S) groups is 1. The van der Waals surface area contributed by atoms with Gasteiger partial charge in [-0.1, -0.05) is 29.8 Å². The van der Waals surface area contributed by atoms with Crippen molar-refractivity contribution < 1.29 is 14.3 Å². The van der Waals surface area contributed by atoms with E-state index in [0.717, 1.165) is 0 Å². The molecule has 1 fully saturated rings. The molecule has 0 aromatic heterocycles. The molecule has 2 aromatic rings. The molecule has 7 heteroatoms. The van der Waals surface area contributed by atoms with Gasteiger partial charge in [0.05, 0.1) is 12.8 Å². The van der Waals surface area contributed by atoms with Crippen molar-refractivity contribution in [3.8, 4) is 5.75 Å². The minimum Gasteiger partial charge on any atom is -0.496 e. The van der Waals surface area contributed by atoms with Gasteiger partial charge in [0.1, 0.15) is 11.3 Å². The largest absolute Gasteiger partial charge is 0.496 e. The summed E-state index contributed by atoms with van der Waals surface area (Å²) in [5.74, 6) is -0.580. The lowest BCUT2D eigenvalue weighted by Crippen LogP contribution is -2.54. The van der Waals surface area contributed by atoms with E-state index in [2.05, 4.69) is 5.32 Å². The first kappa shape index (κ1) is 17.1.